The van der Waals surface area contributed by atoms with Gasteiger partial charge in [-0.2, -0.15) is 0 Å². The Bertz CT molecular complexity index is 579. The van der Waals surface area contributed by atoms with E-state index in [0.717, 1.165) is 6.42 Å². The van der Waals surface area contributed by atoms with Gasteiger partial charge in [0.05, 0.1) is 13.2 Å². The van der Waals surface area contributed by atoms with Crippen molar-refractivity contribution in [3.8, 4) is 0 Å². The van der Waals surface area contributed by atoms with Crippen LogP contribution >= 0.6 is 7.60 Å². The Morgan fingerprint density at radius 3 is 2.36 bits per heavy atom. The second-order valence-electron chi connectivity index (χ2n) is 7.05. The smallest absolute Gasteiger partial charge is 0.305 e. The molecule has 3 aliphatic rings. The number of carbonyl (C=O) groups excluding carboxylic acids is 1. The lowest BCUT2D eigenvalue weighted by Crippen LogP contribution is -2.41. The first-order chi connectivity index (χ1) is 10.3. The Hall–Kier alpha value is -0.700. The van der Waals surface area contributed by atoms with E-state index in [2.05, 4.69) is 26.0 Å². The van der Waals surface area contributed by atoms with E-state index in [4.69, 9.17) is 9.05 Å². The minimum atomic E-state index is -3.51. The van der Waals surface area contributed by atoms with E-state index in [-0.39, 0.29) is 41.6 Å². The zero-order valence-electron chi connectivity index (χ0n) is 13.7. The van der Waals surface area contributed by atoms with Gasteiger partial charge in [-0.15, -0.1) is 0 Å². The quantitative estimate of drug-likeness (QED) is 0.562. The van der Waals surface area contributed by atoms with Crippen LogP contribution in [-0.2, 0) is 18.4 Å². The Labute approximate surface area is 132 Å². The Balaban J connectivity index is 2.04. The topological polar surface area (TPSA) is 52.6 Å². The van der Waals surface area contributed by atoms with Crippen molar-refractivity contribution >= 4 is 13.4 Å². The summed E-state index contributed by atoms with van der Waals surface area (Å²) in [6.07, 6.45) is 7.33. The summed E-state index contributed by atoms with van der Waals surface area (Å²) in [5, 5.41) is 0.281. The summed E-state index contributed by atoms with van der Waals surface area (Å²) in [6, 6.07) is 0. The molecule has 1 fully saturated rings. The standard InChI is InChI=1S/C17H25O4P/c1-5-20-22(19,21-6-2)13-10-17(3,4)15-12-8-7-11(9-12)14(15)16(13)18/h7-8,10-12,14-15H,5-6,9H2,1-4H3/t11-,12+,14-,15+/m1/s1. The molecular weight excluding hydrogens is 299 g/mol. The number of fused-ring (bicyclic) bond motifs is 5. The SMILES string of the molecule is CCOP(=O)(OCC)C1=CC(C)(C)[C@@H]2[C@H](C1=O)[C@@H]1C=C[C@H]2C1. The number of Topliss-reactive ketones (excluding diaryl/α,β-unsaturated/α-hetero) is 1. The van der Waals surface area contributed by atoms with Gasteiger partial charge in [0.2, 0.25) is 0 Å². The van der Waals surface area contributed by atoms with Crippen LogP contribution in [0.1, 0.15) is 34.1 Å². The largest absolute Gasteiger partial charge is 0.364 e. The molecular formula is C17H25O4P. The number of allylic oxidation sites excluding steroid dienone is 4. The zero-order chi connectivity index (χ0) is 16.1. The van der Waals surface area contributed by atoms with Crippen molar-refractivity contribution < 1.29 is 18.4 Å². The van der Waals surface area contributed by atoms with E-state index in [1.165, 1.54) is 0 Å². The van der Waals surface area contributed by atoms with Crippen molar-refractivity contribution in [2.75, 3.05) is 13.2 Å². The maximum absolute atomic E-state index is 13.1. The predicted octanol–water partition coefficient (Wildman–Crippen LogP) is 4.18. The highest BCUT2D eigenvalue weighted by Crippen LogP contribution is 2.65. The first-order valence-corrected chi connectivity index (χ1v) is 9.73. The molecule has 122 valence electrons. The molecule has 0 aromatic rings. The molecule has 0 aromatic carbocycles. The fraction of sp³-hybridized carbons (Fsp3) is 0.706. The molecule has 0 spiro atoms. The molecule has 4 nitrogen and oxygen atoms in total. The highest BCUT2D eigenvalue weighted by Gasteiger charge is 2.58. The zero-order valence-corrected chi connectivity index (χ0v) is 14.6. The van der Waals surface area contributed by atoms with Gasteiger partial charge in [0.25, 0.3) is 0 Å². The molecule has 0 saturated heterocycles. The van der Waals surface area contributed by atoms with Crippen LogP contribution < -0.4 is 0 Å². The van der Waals surface area contributed by atoms with Crippen LogP contribution in [0.2, 0.25) is 0 Å². The summed E-state index contributed by atoms with van der Waals surface area (Å²) >= 11 is 0. The molecule has 0 amide bonds. The molecule has 22 heavy (non-hydrogen) atoms. The lowest BCUT2D eigenvalue weighted by molar-refractivity contribution is -0.123. The minimum absolute atomic E-state index is 0.0218. The van der Waals surface area contributed by atoms with E-state index in [9.17, 15) is 9.36 Å². The molecule has 0 radical (unpaired) electrons. The molecule has 3 aliphatic carbocycles. The lowest BCUT2D eigenvalue weighted by Gasteiger charge is -2.43. The highest BCUT2D eigenvalue weighted by atomic mass is 31.2. The van der Waals surface area contributed by atoms with Gasteiger partial charge in [-0.05, 0) is 43.4 Å². The third kappa shape index (κ3) is 2.28. The average Bonchev–Trinajstić information content (AvgIpc) is 3.04. The third-order valence-electron chi connectivity index (χ3n) is 5.28. The summed E-state index contributed by atoms with van der Waals surface area (Å²) in [5.74, 6) is 0.952. The third-order valence-corrected chi connectivity index (χ3v) is 7.41. The minimum Gasteiger partial charge on any atom is -0.305 e. The van der Waals surface area contributed by atoms with Crippen molar-refractivity contribution in [2.45, 2.75) is 34.1 Å². The van der Waals surface area contributed by atoms with Gasteiger partial charge in [0.15, 0.2) is 5.78 Å². The van der Waals surface area contributed by atoms with E-state index in [1.54, 1.807) is 13.8 Å². The monoisotopic (exact) mass is 324 g/mol. The van der Waals surface area contributed by atoms with Crippen LogP contribution in [0.4, 0.5) is 0 Å². The molecule has 0 aliphatic heterocycles. The van der Waals surface area contributed by atoms with E-state index in [1.807, 2.05) is 6.08 Å². The number of hydrogen-bond donors (Lipinski definition) is 0. The molecule has 2 bridgehead atoms. The summed E-state index contributed by atoms with van der Waals surface area (Å²) in [6.45, 7) is 8.34. The highest BCUT2D eigenvalue weighted by molar-refractivity contribution is 7.60. The first-order valence-electron chi connectivity index (χ1n) is 8.19. The molecule has 0 unspecified atom stereocenters. The number of hydrogen-bond acceptors (Lipinski definition) is 4. The van der Waals surface area contributed by atoms with Crippen molar-refractivity contribution in [2.24, 2.45) is 29.1 Å². The maximum Gasteiger partial charge on any atom is 0.364 e. The van der Waals surface area contributed by atoms with Crippen LogP contribution in [0.5, 0.6) is 0 Å². The molecule has 0 heterocycles. The Morgan fingerprint density at radius 2 is 1.77 bits per heavy atom. The van der Waals surface area contributed by atoms with Crippen molar-refractivity contribution in [1.29, 1.82) is 0 Å². The molecule has 1 saturated carbocycles. The van der Waals surface area contributed by atoms with Crippen LogP contribution in [0.25, 0.3) is 0 Å². The fourth-order valence-corrected chi connectivity index (χ4v) is 6.56. The molecule has 3 rings (SSSR count). The second kappa shape index (κ2) is 5.43. The van der Waals surface area contributed by atoms with Gasteiger partial charge in [-0.25, -0.2) is 0 Å². The van der Waals surface area contributed by atoms with E-state index >= 15 is 0 Å². The molecule has 0 aromatic heterocycles. The number of carbonyl (C=O) groups is 1. The van der Waals surface area contributed by atoms with Crippen LogP contribution in [-0.4, -0.2) is 19.0 Å². The van der Waals surface area contributed by atoms with Crippen LogP contribution in [0, 0.1) is 29.1 Å². The molecule has 4 atom stereocenters. The van der Waals surface area contributed by atoms with Gasteiger partial charge in [0, 0.05) is 5.92 Å². The number of rotatable bonds is 5. The lowest BCUT2D eigenvalue weighted by atomic mass is 9.63. The molecule has 5 heteroatoms. The molecule has 0 N–H and O–H groups in total. The summed E-state index contributed by atoms with van der Waals surface area (Å²) in [4.78, 5) is 13.0. The van der Waals surface area contributed by atoms with Gasteiger partial charge >= 0.3 is 7.60 Å². The van der Waals surface area contributed by atoms with Gasteiger partial charge in [-0.3, -0.25) is 9.36 Å². The Kier molecular flexibility index (Phi) is 3.99. The number of ketones is 1. The second-order valence-corrected chi connectivity index (χ2v) is 9.04. The summed E-state index contributed by atoms with van der Waals surface area (Å²) in [5.41, 5.74) is -0.179. The van der Waals surface area contributed by atoms with Gasteiger partial charge in [0.1, 0.15) is 5.31 Å². The van der Waals surface area contributed by atoms with E-state index in [0.29, 0.717) is 11.8 Å². The van der Waals surface area contributed by atoms with Crippen LogP contribution in [0.3, 0.4) is 0 Å². The van der Waals surface area contributed by atoms with Crippen molar-refractivity contribution in [1.82, 2.24) is 0 Å². The summed E-state index contributed by atoms with van der Waals surface area (Å²) < 4.78 is 24.0. The average molecular weight is 324 g/mol. The predicted molar refractivity (Wildman–Crippen MR) is 85.4 cm³/mol. The van der Waals surface area contributed by atoms with Crippen molar-refractivity contribution in [3.63, 3.8) is 0 Å². The summed E-state index contributed by atoms with van der Waals surface area (Å²) in [7, 11) is -3.51. The van der Waals surface area contributed by atoms with E-state index < -0.39 is 7.60 Å². The van der Waals surface area contributed by atoms with Crippen molar-refractivity contribution in [3.05, 3.63) is 23.5 Å². The van der Waals surface area contributed by atoms with Crippen LogP contribution in [0.15, 0.2) is 23.5 Å². The van der Waals surface area contributed by atoms with Gasteiger partial charge < -0.3 is 9.05 Å². The normalized spacial score (nSPS) is 35.6. The Morgan fingerprint density at radius 1 is 1.18 bits per heavy atom. The van der Waals surface area contributed by atoms with Gasteiger partial charge in [-0.1, -0.05) is 32.1 Å². The fourth-order valence-electron chi connectivity index (χ4n) is 4.61. The first kappa shape index (κ1) is 16.2. The maximum atomic E-state index is 13.1.